The van der Waals surface area contributed by atoms with E-state index in [1.165, 1.54) is 25.7 Å². The largest absolute Gasteiger partial charge is 0.481 e. The number of nitrogens with one attached hydrogen (secondary N) is 1. The molecule has 2 aliphatic rings. The van der Waals surface area contributed by atoms with Crippen LogP contribution in [0.1, 0.15) is 70.6 Å². The molecule has 2 N–H and O–H groups in total. The third-order valence-corrected chi connectivity index (χ3v) is 5.08. The van der Waals surface area contributed by atoms with Crippen LogP contribution in [0.5, 0.6) is 0 Å². The predicted molar refractivity (Wildman–Crippen MR) is 77.4 cm³/mol. The van der Waals surface area contributed by atoms with Gasteiger partial charge in [0.15, 0.2) is 0 Å². The lowest BCUT2D eigenvalue weighted by atomic mass is 9.69. The van der Waals surface area contributed by atoms with Gasteiger partial charge in [-0.1, -0.05) is 38.5 Å². The van der Waals surface area contributed by atoms with Gasteiger partial charge in [0.05, 0.1) is 6.42 Å². The molecule has 2 aliphatic carbocycles. The number of hydrogen-bond acceptors (Lipinski definition) is 2. The summed E-state index contributed by atoms with van der Waals surface area (Å²) in [5, 5.41) is 12.1. The Morgan fingerprint density at radius 3 is 2.30 bits per heavy atom. The summed E-state index contributed by atoms with van der Waals surface area (Å²) in [6.07, 6.45) is 10.6. The van der Waals surface area contributed by atoms with E-state index in [2.05, 4.69) is 5.32 Å². The number of amides is 1. The second kappa shape index (κ2) is 7.09. The third-order valence-electron chi connectivity index (χ3n) is 5.08. The molecule has 4 nitrogen and oxygen atoms in total. The molecule has 1 amide bonds. The van der Waals surface area contributed by atoms with Crippen LogP contribution in [-0.4, -0.2) is 23.5 Å². The SMILES string of the molecule is O=C(O)CC1(CC(=O)NCCC2CCC2)CCCCC1. The minimum absolute atomic E-state index is 0.0486. The molecule has 0 unspecified atom stereocenters. The van der Waals surface area contributed by atoms with E-state index in [1.807, 2.05) is 0 Å². The number of carboxylic acids is 1. The molecule has 0 saturated heterocycles. The summed E-state index contributed by atoms with van der Waals surface area (Å²) in [5.41, 5.74) is -0.287. The fourth-order valence-electron chi connectivity index (χ4n) is 3.64. The Bertz CT molecular complexity index is 344. The van der Waals surface area contributed by atoms with Crippen LogP contribution in [0.2, 0.25) is 0 Å². The summed E-state index contributed by atoms with van der Waals surface area (Å²) in [4.78, 5) is 23.2. The highest BCUT2D eigenvalue weighted by Gasteiger charge is 2.36. The average Bonchev–Trinajstić information content (AvgIpc) is 2.32. The Balaban J connectivity index is 1.76. The first kappa shape index (κ1) is 15.3. The number of hydrogen-bond donors (Lipinski definition) is 2. The van der Waals surface area contributed by atoms with Gasteiger partial charge >= 0.3 is 5.97 Å². The Hall–Kier alpha value is -1.06. The molecule has 0 radical (unpaired) electrons. The molecule has 0 spiro atoms. The standard InChI is InChI=1S/C16H27NO3/c18-14(17-10-7-13-5-4-6-13)11-16(12-15(19)20)8-2-1-3-9-16/h13H,1-12H2,(H,17,18)(H,19,20). The summed E-state index contributed by atoms with van der Waals surface area (Å²) >= 11 is 0. The van der Waals surface area contributed by atoms with Gasteiger partial charge in [0.25, 0.3) is 0 Å². The molecule has 2 saturated carbocycles. The topological polar surface area (TPSA) is 66.4 Å². The maximum atomic E-state index is 12.1. The van der Waals surface area contributed by atoms with Gasteiger partial charge in [-0.05, 0) is 30.6 Å². The lowest BCUT2D eigenvalue weighted by Gasteiger charge is -2.35. The maximum absolute atomic E-state index is 12.1. The normalized spacial score (nSPS) is 22.0. The van der Waals surface area contributed by atoms with E-state index in [4.69, 9.17) is 5.11 Å². The van der Waals surface area contributed by atoms with Crippen molar-refractivity contribution in [1.29, 1.82) is 0 Å². The summed E-state index contributed by atoms with van der Waals surface area (Å²) in [6, 6.07) is 0. The van der Waals surface area contributed by atoms with E-state index >= 15 is 0 Å². The first-order valence-electron chi connectivity index (χ1n) is 8.08. The molecule has 20 heavy (non-hydrogen) atoms. The van der Waals surface area contributed by atoms with E-state index in [0.717, 1.165) is 44.6 Å². The molecular formula is C16H27NO3. The number of carbonyl (C=O) groups excluding carboxylic acids is 1. The highest BCUT2D eigenvalue weighted by Crippen LogP contribution is 2.42. The van der Waals surface area contributed by atoms with Gasteiger partial charge in [-0.3, -0.25) is 9.59 Å². The number of carbonyl (C=O) groups is 2. The smallest absolute Gasteiger partial charge is 0.303 e. The molecule has 0 heterocycles. The van der Waals surface area contributed by atoms with Crippen molar-refractivity contribution in [3.63, 3.8) is 0 Å². The third kappa shape index (κ3) is 4.50. The van der Waals surface area contributed by atoms with Gasteiger partial charge in [-0.2, -0.15) is 0 Å². The fraction of sp³-hybridized carbons (Fsp3) is 0.875. The molecule has 0 atom stereocenters. The van der Waals surface area contributed by atoms with Crippen LogP contribution in [0.25, 0.3) is 0 Å². The molecule has 114 valence electrons. The molecular weight excluding hydrogens is 254 g/mol. The van der Waals surface area contributed by atoms with Gasteiger partial charge in [-0.25, -0.2) is 0 Å². The minimum Gasteiger partial charge on any atom is -0.481 e. The number of rotatable bonds is 7. The first-order chi connectivity index (χ1) is 9.60. The molecule has 0 aromatic carbocycles. The van der Waals surface area contributed by atoms with Crippen LogP contribution in [-0.2, 0) is 9.59 Å². The fourth-order valence-corrected chi connectivity index (χ4v) is 3.64. The van der Waals surface area contributed by atoms with Crippen molar-refractivity contribution >= 4 is 11.9 Å². The molecule has 0 bridgehead atoms. The van der Waals surface area contributed by atoms with Crippen molar-refractivity contribution in [2.24, 2.45) is 11.3 Å². The summed E-state index contributed by atoms with van der Waals surface area (Å²) in [6.45, 7) is 0.757. The highest BCUT2D eigenvalue weighted by molar-refractivity contribution is 5.78. The quantitative estimate of drug-likeness (QED) is 0.753. The maximum Gasteiger partial charge on any atom is 0.303 e. The average molecular weight is 281 g/mol. The zero-order valence-corrected chi connectivity index (χ0v) is 12.3. The Morgan fingerprint density at radius 1 is 1.05 bits per heavy atom. The zero-order chi connectivity index (χ0) is 14.4. The van der Waals surface area contributed by atoms with Crippen LogP contribution in [0.15, 0.2) is 0 Å². The van der Waals surface area contributed by atoms with Crippen LogP contribution < -0.4 is 5.32 Å². The molecule has 2 fully saturated rings. The Morgan fingerprint density at radius 2 is 1.75 bits per heavy atom. The van der Waals surface area contributed by atoms with Crippen LogP contribution in [0.4, 0.5) is 0 Å². The summed E-state index contributed by atoms with van der Waals surface area (Å²) in [7, 11) is 0. The highest BCUT2D eigenvalue weighted by atomic mass is 16.4. The Labute approximate surface area is 121 Å². The van der Waals surface area contributed by atoms with Crippen molar-refractivity contribution in [2.45, 2.75) is 70.6 Å². The minimum atomic E-state index is -0.769. The lowest BCUT2D eigenvalue weighted by molar-refractivity contribution is -0.141. The monoisotopic (exact) mass is 281 g/mol. The molecule has 4 heteroatoms. The lowest BCUT2D eigenvalue weighted by Crippen LogP contribution is -2.36. The van der Waals surface area contributed by atoms with Crippen molar-refractivity contribution in [2.75, 3.05) is 6.54 Å². The molecule has 0 aromatic rings. The summed E-state index contributed by atoms with van der Waals surface area (Å²) in [5.74, 6) is 0.0830. The van der Waals surface area contributed by atoms with E-state index in [0.29, 0.717) is 6.42 Å². The van der Waals surface area contributed by atoms with E-state index in [-0.39, 0.29) is 17.7 Å². The van der Waals surface area contributed by atoms with Gasteiger partial charge < -0.3 is 10.4 Å². The van der Waals surface area contributed by atoms with Crippen LogP contribution >= 0.6 is 0 Å². The Kier molecular flexibility index (Phi) is 5.44. The van der Waals surface area contributed by atoms with E-state index in [1.54, 1.807) is 0 Å². The number of aliphatic carboxylic acids is 1. The van der Waals surface area contributed by atoms with Gasteiger partial charge in [0.2, 0.25) is 5.91 Å². The van der Waals surface area contributed by atoms with Gasteiger partial charge in [0.1, 0.15) is 0 Å². The molecule has 2 rings (SSSR count). The van der Waals surface area contributed by atoms with Crippen molar-refractivity contribution in [1.82, 2.24) is 5.32 Å². The van der Waals surface area contributed by atoms with Crippen LogP contribution in [0, 0.1) is 11.3 Å². The first-order valence-corrected chi connectivity index (χ1v) is 8.08. The molecule has 0 aliphatic heterocycles. The zero-order valence-electron chi connectivity index (χ0n) is 12.3. The second-order valence-electron chi connectivity index (χ2n) is 6.74. The van der Waals surface area contributed by atoms with Crippen molar-refractivity contribution in [3.05, 3.63) is 0 Å². The van der Waals surface area contributed by atoms with Crippen molar-refractivity contribution in [3.8, 4) is 0 Å². The summed E-state index contributed by atoms with van der Waals surface area (Å²) < 4.78 is 0. The molecule has 0 aromatic heterocycles. The predicted octanol–water partition coefficient (Wildman–Crippen LogP) is 3.11. The van der Waals surface area contributed by atoms with E-state index < -0.39 is 5.97 Å². The number of carboxylic acid groups (broad SMARTS) is 1. The van der Waals surface area contributed by atoms with Gasteiger partial charge in [0, 0.05) is 13.0 Å². The second-order valence-corrected chi connectivity index (χ2v) is 6.74. The van der Waals surface area contributed by atoms with E-state index in [9.17, 15) is 9.59 Å². The van der Waals surface area contributed by atoms with Gasteiger partial charge in [-0.15, -0.1) is 0 Å². The van der Waals surface area contributed by atoms with Crippen LogP contribution in [0.3, 0.4) is 0 Å². The van der Waals surface area contributed by atoms with Crippen molar-refractivity contribution < 1.29 is 14.7 Å².